The van der Waals surface area contributed by atoms with E-state index in [1.165, 1.54) is 0 Å². The summed E-state index contributed by atoms with van der Waals surface area (Å²) in [5.41, 5.74) is 13.7. The Bertz CT molecular complexity index is 1500. The first kappa shape index (κ1) is 19.4. The summed E-state index contributed by atoms with van der Waals surface area (Å²) in [6.45, 7) is 5.67. The Balaban J connectivity index is 1.65. The summed E-state index contributed by atoms with van der Waals surface area (Å²) in [7, 11) is 0. The fourth-order valence-corrected chi connectivity index (χ4v) is 3.76. The van der Waals surface area contributed by atoms with Crippen molar-refractivity contribution < 1.29 is 0 Å². The van der Waals surface area contributed by atoms with Crippen LogP contribution in [0.4, 0.5) is 0 Å². The zero-order valence-electron chi connectivity index (χ0n) is 17.5. The van der Waals surface area contributed by atoms with Crippen molar-refractivity contribution in [1.29, 1.82) is 0 Å². The Morgan fingerprint density at radius 2 is 1.91 bits per heavy atom. The molecule has 0 unspecified atom stereocenters. The molecule has 0 aliphatic rings. The van der Waals surface area contributed by atoms with Crippen LogP contribution >= 0.6 is 0 Å². The molecule has 0 fully saturated rings. The lowest BCUT2D eigenvalue weighted by Gasteiger charge is -2.03. The van der Waals surface area contributed by atoms with Crippen molar-refractivity contribution in [3.63, 3.8) is 0 Å². The van der Waals surface area contributed by atoms with E-state index in [2.05, 4.69) is 42.8 Å². The van der Waals surface area contributed by atoms with Gasteiger partial charge >= 0.3 is 0 Å². The number of allylic oxidation sites excluding steroid dienone is 4. The molecular formula is C25H21N7. The van der Waals surface area contributed by atoms with Crippen LogP contribution in [0.15, 0.2) is 85.6 Å². The van der Waals surface area contributed by atoms with Crippen molar-refractivity contribution in [2.45, 2.75) is 6.92 Å². The van der Waals surface area contributed by atoms with E-state index in [0.717, 1.165) is 55.7 Å². The predicted octanol–water partition coefficient (Wildman–Crippen LogP) is 5.00. The predicted molar refractivity (Wildman–Crippen MR) is 128 cm³/mol. The number of aromatic amines is 2. The van der Waals surface area contributed by atoms with Crippen LogP contribution in [0.2, 0.25) is 0 Å². The normalized spacial score (nSPS) is 12.5. The van der Waals surface area contributed by atoms with E-state index in [9.17, 15) is 0 Å². The summed E-state index contributed by atoms with van der Waals surface area (Å²) >= 11 is 0. The highest BCUT2D eigenvalue weighted by Crippen LogP contribution is 2.33. The molecule has 7 nitrogen and oxygen atoms in total. The van der Waals surface area contributed by atoms with Crippen molar-refractivity contribution in [3.05, 3.63) is 91.3 Å². The lowest BCUT2D eigenvalue weighted by atomic mass is 10.0. The molecule has 0 aliphatic carbocycles. The van der Waals surface area contributed by atoms with Gasteiger partial charge < -0.3 is 10.7 Å². The topological polar surface area (TPSA) is 109 Å². The van der Waals surface area contributed by atoms with Crippen LogP contribution in [0.25, 0.3) is 50.0 Å². The second-order valence-electron chi connectivity index (χ2n) is 7.32. The van der Waals surface area contributed by atoms with E-state index in [-0.39, 0.29) is 0 Å². The van der Waals surface area contributed by atoms with Crippen LogP contribution < -0.4 is 5.73 Å². The van der Waals surface area contributed by atoms with E-state index < -0.39 is 0 Å². The molecular weight excluding hydrogens is 398 g/mol. The summed E-state index contributed by atoms with van der Waals surface area (Å²) in [5, 5.41) is 9.61. The van der Waals surface area contributed by atoms with Gasteiger partial charge in [0.2, 0.25) is 0 Å². The van der Waals surface area contributed by atoms with Crippen LogP contribution in [0.1, 0.15) is 12.6 Å². The summed E-state index contributed by atoms with van der Waals surface area (Å²) in [4.78, 5) is 16.6. The smallest absolute Gasteiger partial charge is 0.138 e. The number of nitrogens with one attached hydrogen (secondary N) is 2. The molecule has 0 amide bonds. The Hall–Kier alpha value is -4.52. The fraction of sp³-hybridized carbons (Fsp3) is 0.0400. The zero-order valence-corrected chi connectivity index (χ0v) is 17.5. The molecule has 5 rings (SSSR count). The monoisotopic (exact) mass is 419 g/mol. The van der Waals surface area contributed by atoms with Gasteiger partial charge in [-0.2, -0.15) is 5.10 Å². The van der Waals surface area contributed by atoms with E-state index in [1.54, 1.807) is 30.9 Å². The van der Waals surface area contributed by atoms with Gasteiger partial charge in [0.1, 0.15) is 11.3 Å². The number of hydrogen-bond acceptors (Lipinski definition) is 5. The molecule has 0 aromatic carbocycles. The average Bonchev–Trinajstić information content (AvgIpc) is 3.46. The molecule has 0 saturated heterocycles. The van der Waals surface area contributed by atoms with E-state index >= 15 is 0 Å². The molecule has 5 aromatic heterocycles. The van der Waals surface area contributed by atoms with Crippen LogP contribution in [0.3, 0.4) is 0 Å². The van der Waals surface area contributed by atoms with Crippen LogP contribution in [0, 0.1) is 0 Å². The lowest BCUT2D eigenvalue weighted by molar-refractivity contribution is 1.11. The Morgan fingerprint density at radius 1 is 1.06 bits per heavy atom. The van der Waals surface area contributed by atoms with Gasteiger partial charge in [-0.05, 0) is 66.1 Å². The van der Waals surface area contributed by atoms with Crippen molar-refractivity contribution in [2.75, 3.05) is 0 Å². The summed E-state index contributed by atoms with van der Waals surface area (Å²) in [6, 6.07) is 10.1. The lowest BCUT2D eigenvalue weighted by Crippen LogP contribution is -1.94. The van der Waals surface area contributed by atoms with Gasteiger partial charge in [-0.25, -0.2) is 4.98 Å². The van der Waals surface area contributed by atoms with E-state index in [0.29, 0.717) is 5.70 Å². The Morgan fingerprint density at radius 3 is 2.69 bits per heavy atom. The van der Waals surface area contributed by atoms with Crippen LogP contribution in [-0.2, 0) is 0 Å². The SMILES string of the molecule is C=C/C(N)=C\C(=C/C)c1cc2c(-c3cc4c(-c5ccncc5)ccnc4[nH]3)n[nH]c2cn1. The maximum Gasteiger partial charge on any atom is 0.138 e. The third-order valence-electron chi connectivity index (χ3n) is 5.39. The molecule has 0 aliphatic heterocycles. The summed E-state index contributed by atoms with van der Waals surface area (Å²) in [6.07, 6.45) is 12.6. The number of pyridine rings is 3. The van der Waals surface area contributed by atoms with Gasteiger partial charge in [0.05, 0.1) is 23.1 Å². The van der Waals surface area contributed by atoms with Crippen molar-refractivity contribution in [3.8, 4) is 22.5 Å². The number of rotatable bonds is 5. The minimum atomic E-state index is 0.581. The fourth-order valence-electron chi connectivity index (χ4n) is 3.76. The van der Waals surface area contributed by atoms with E-state index in [1.807, 2.05) is 43.3 Å². The second kappa shape index (κ2) is 7.96. The van der Waals surface area contributed by atoms with Gasteiger partial charge in [-0.3, -0.25) is 15.1 Å². The molecule has 0 bridgehead atoms. The molecule has 5 aromatic rings. The minimum absolute atomic E-state index is 0.581. The highest BCUT2D eigenvalue weighted by molar-refractivity contribution is 6.00. The maximum atomic E-state index is 5.95. The molecule has 156 valence electrons. The Labute approximate surface area is 184 Å². The van der Waals surface area contributed by atoms with Gasteiger partial charge in [-0.1, -0.05) is 12.7 Å². The highest BCUT2D eigenvalue weighted by atomic mass is 15.1. The average molecular weight is 419 g/mol. The number of hydrogen-bond donors (Lipinski definition) is 3. The largest absolute Gasteiger partial charge is 0.399 e. The van der Waals surface area contributed by atoms with Gasteiger partial charge in [-0.15, -0.1) is 0 Å². The summed E-state index contributed by atoms with van der Waals surface area (Å²) in [5.74, 6) is 0. The van der Waals surface area contributed by atoms with Gasteiger partial charge in [0, 0.05) is 35.1 Å². The standard InChI is InChI=1S/C25H21N7/c1-3-15(11-17(26)4-2)21-13-20-23(14-29-21)31-32-24(20)22-12-19-18(7-10-28-25(19)30-22)16-5-8-27-9-6-16/h3-14H,2,26H2,1H3,(H,28,30)(H,31,32)/b15-3+,17-11+. The van der Waals surface area contributed by atoms with Crippen molar-refractivity contribution in [1.82, 2.24) is 30.1 Å². The van der Waals surface area contributed by atoms with Crippen molar-refractivity contribution >= 4 is 27.5 Å². The molecule has 4 N–H and O–H groups in total. The molecule has 0 atom stereocenters. The number of nitrogens with two attached hydrogens (primary N) is 1. The molecule has 0 spiro atoms. The number of fused-ring (bicyclic) bond motifs is 2. The first-order chi connectivity index (χ1) is 15.7. The van der Waals surface area contributed by atoms with Crippen LogP contribution in [-0.4, -0.2) is 30.1 Å². The minimum Gasteiger partial charge on any atom is -0.399 e. The van der Waals surface area contributed by atoms with Gasteiger partial charge in [0.25, 0.3) is 0 Å². The van der Waals surface area contributed by atoms with Crippen LogP contribution in [0.5, 0.6) is 0 Å². The number of H-pyrrole nitrogens is 2. The first-order valence-electron chi connectivity index (χ1n) is 10.2. The second-order valence-corrected chi connectivity index (χ2v) is 7.32. The molecule has 7 heteroatoms. The van der Waals surface area contributed by atoms with E-state index in [4.69, 9.17) is 5.73 Å². The quantitative estimate of drug-likeness (QED) is 0.348. The first-order valence-corrected chi connectivity index (χ1v) is 10.2. The molecule has 0 saturated carbocycles. The van der Waals surface area contributed by atoms with Crippen molar-refractivity contribution in [2.24, 2.45) is 5.73 Å². The third kappa shape index (κ3) is 3.35. The molecule has 5 heterocycles. The maximum absolute atomic E-state index is 5.95. The number of aromatic nitrogens is 6. The molecule has 0 radical (unpaired) electrons. The molecule has 32 heavy (non-hydrogen) atoms. The highest BCUT2D eigenvalue weighted by Gasteiger charge is 2.15. The Kier molecular flexibility index (Phi) is 4.84. The summed E-state index contributed by atoms with van der Waals surface area (Å²) < 4.78 is 0. The van der Waals surface area contributed by atoms with Gasteiger partial charge in [0.15, 0.2) is 0 Å². The third-order valence-corrected chi connectivity index (χ3v) is 5.39. The zero-order chi connectivity index (χ0) is 22.1. The number of nitrogens with zero attached hydrogens (tertiary/aromatic N) is 4.